The zero-order valence-electron chi connectivity index (χ0n) is 13.2. The number of para-hydroxylation sites is 1. The second-order valence-corrected chi connectivity index (χ2v) is 5.64. The Morgan fingerprint density at radius 3 is 3.05 bits per heavy atom. The molecule has 2 rings (SSSR count). The Kier molecular flexibility index (Phi) is 5.11. The third-order valence-corrected chi connectivity index (χ3v) is 3.15. The highest BCUT2D eigenvalue weighted by molar-refractivity contribution is 5.87. The fourth-order valence-electron chi connectivity index (χ4n) is 2.27. The molecule has 0 bridgehead atoms. The van der Waals surface area contributed by atoms with E-state index < -0.39 is 0 Å². The van der Waals surface area contributed by atoms with E-state index in [1.807, 2.05) is 12.1 Å². The first-order valence-corrected chi connectivity index (χ1v) is 7.32. The van der Waals surface area contributed by atoms with Crippen LogP contribution in [-0.2, 0) is 11.2 Å². The van der Waals surface area contributed by atoms with Crippen LogP contribution < -0.4 is 14.8 Å². The maximum atomic E-state index is 11.2. The Bertz CT molecular complexity index is 635. The van der Waals surface area contributed by atoms with Crippen molar-refractivity contribution in [3.05, 3.63) is 35.9 Å². The van der Waals surface area contributed by atoms with Crippen molar-refractivity contribution in [3.63, 3.8) is 0 Å². The van der Waals surface area contributed by atoms with Crippen molar-refractivity contribution in [2.75, 3.05) is 13.2 Å². The molecule has 0 unspecified atom stereocenters. The first-order chi connectivity index (χ1) is 10.5. The number of rotatable bonds is 4. The number of amides is 1. The highest BCUT2D eigenvalue weighted by atomic mass is 16.5. The third-order valence-electron chi connectivity index (χ3n) is 3.15. The molecule has 0 atom stereocenters. The number of hydrogen-bond donors (Lipinski definition) is 1. The second kappa shape index (κ2) is 7.04. The SMILES string of the molecule is C/C=C/C(=O)NCC#CCOc1cccc2c1OC(C)(C)C2. The summed E-state index contributed by atoms with van der Waals surface area (Å²) in [6.45, 7) is 6.48. The maximum Gasteiger partial charge on any atom is 0.244 e. The van der Waals surface area contributed by atoms with Gasteiger partial charge in [-0.15, -0.1) is 0 Å². The summed E-state index contributed by atoms with van der Waals surface area (Å²) in [6.07, 6.45) is 4.02. The van der Waals surface area contributed by atoms with Gasteiger partial charge in [-0.05, 0) is 32.9 Å². The highest BCUT2D eigenvalue weighted by Crippen LogP contribution is 2.41. The normalized spacial score (nSPS) is 14.7. The molecule has 1 aliphatic heterocycles. The van der Waals surface area contributed by atoms with Gasteiger partial charge in [0.2, 0.25) is 5.91 Å². The van der Waals surface area contributed by atoms with Gasteiger partial charge in [-0.2, -0.15) is 0 Å². The van der Waals surface area contributed by atoms with Gasteiger partial charge in [0, 0.05) is 12.0 Å². The van der Waals surface area contributed by atoms with E-state index in [1.54, 1.807) is 13.0 Å². The molecule has 0 spiro atoms. The van der Waals surface area contributed by atoms with E-state index in [4.69, 9.17) is 9.47 Å². The average Bonchev–Trinajstić information content (AvgIpc) is 2.77. The molecular weight excluding hydrogens is 278 g/mol. The van der Waals surface area contributed by atoms with Crippen LogP contribution in [0.5, 0.6) is 11.5 Å². The molecule has 0 fully saturated rings. The fourth-order valence-corrected chi connectivity index (χ4v) is 2.27. The van der Waals surface area contributed by atoms with Gasteiger partial charge >= 0.3 is 0 Å². The Labute approximate surface area is 131 Å². The molecule has 4 heteroatoms. The number of carbonyl (C=O) groups excluding carboxylic acids is 1. The van der Waals surface area contributed by atoms with E-state index in [2.05, 4.69) is 37.1 Å². The topological polar surface area (TPSA) is 47.6 Å². The van der Waals surface area contributed by atoms with Crippen LogP contribution in [0, 0.1) is 11.8 Å². The zero-order chi connectivity index (χ0) is 16.0. The lowest BCUT2D eigenvalue weighted by Crippen LogP contribution is -2.24. The van der Waals surface area contributed by atoms with Crippen molar-refractivity contribution < 1.29 is 14.3 Å². The van der Waals surface area contributed by atoms with E-state index in [0.717, 1.165) is 23.5 Å². The molecule has 1 aliphatic rings. The number of benzene rings is 1. The van der Waals surface area contributed by atoms with Gasteiger partial charge in [0.15, 0.2) is 11.5 Å². The summed E-state index contributed by atoms with van der Waals surface area (Å²) in [4.78, 5) is 11.2. The Morgan fingerprint density at radius 1 is 1.45 bits per heavy atom. The molecule has 1 N–H and O–H groups in total. The number of ether oxygens (including phenoxy) is 2. The molecule has 0 aliphatic carbocycles. The molecule has 1 amide bonds. The number of carbonyl (C=O) groups is 1. The monoisotopic (exact) mass is 299 g/mol. The highest BCUT2D eigenvalue weighted by Gasteiger charge is 2.32. The summed E-state index contributed by atoms with van der Waals surface area (Å²) in [7, 11) is 0. The number of hydrogen-bond acceptors (Lipinski definition) is 3. The standard InChI is InChI=1S/C18H21NO3/c1-4-8-16(20)19-11-5-6-12-21-15-10-7-9-14-13-18(2,3)22-17(14)15/h4,7-10H,11-13H2,1-3H3,(H,19,20)/b8-4+. The first-order valence-electron chi connectivity index (χ1n) is 7.32. The van der Waals surface area contributed by atoms with Gasteiger partial charge in [0.1, 0.15) is 12.2 Å². The molecule has 0 radical (unpaired) electrons. The minimum absolute atomic E-state index is 0.144. The van der Waals surface area contributed by atoms with Crippen molar-refractivity contribution in [2.45, 2.75) is 32.8 Å². The van der Waals surface area contributed by atoms with E-state index in [1.165, 1.54) is 6.08 Å². The van der Waals surface area contributed by atoms with Crippen LogP contribution in [0.3, 0.4) is 0 Å². The summed E-state index contributed by atoms with van der Waals surface area (Å²) < 4.78 is 11.6. The average molecular weight is 299 g/mol. The lowest BCUT2D eigenvalue weighted by Gasteiger charge is -2.17. The quantitative estimate of drug-likeness (QED) is 0.686. The van der Waals surface area contributed by atoms with Crippen LogP contribution in [-0.4, -0.2) is 24.7 Å². The van der Waals surface area contributed by atoms with Gasteiger partial charge in [0.25, 0.3) is 0 Å². The molecular formula is C18H21NO3. The van der Waals surface area contributed by atoms with Crippen LogP contribution in [0.1, 0.15) is 26.3 Å². The second-order valence-electron chi connectivity index (χ2n) is 5.64. The van der Waals surface area contributed by atoms with Crippen LogP contribution in [0.2, 0.25) is 0 Å². The van der Waals surface area contributed by atoms with Crippen LogP contribution >= 0.6 is 0 Å². The molecule has 22 heavy (non-hydrogen) atoms. The maximum absolute atomic E-state index is 11.2. The summed E-state index contributed by atoms with van der Waals surface area (Å²) in [5.74, 6) is 7.11. The lowest BCUT2D eigenvalue weighted by molar-refractivity contribution is -0.116. The zero-order valence-corrected chi connectivity index (χ0v) is 13.2. The molecule has 0 aromatic heterocycles. The van der Waals surface area contributed by atoms with Crippen molar-refractivity contribution in [3.8, 4) is 23.3 Å². The van der Waals surface area contributed by atoms with Crippen LogP contribution in [0.4, 0.5) is 0 Å². The molecule has 1 aromatic rings. The van der Waals surface area contributed by atoms with Crippen LogP contribution in [0.15, 0.2) is 30.4 Å². The minimum Gasteiger partial charge on any atom is -0.483 e. The molecule has 0 saturated heterocycles. The van der Waals surface area contributed by atoms with Gasteiger partial charge in [-0.3, -0.25) is 4.79 Å². The van der Waals surface area contributed by atoms with Gasteiger partial charge in [0.05, 0.1) is 6.54 Å². The summed E-state index contributed by atoms with van der Waals surface area (Å²) in [5.41, 5.74) is 0.971. The number of fused-ring (bicyclic) bond motifs is 1. The van der Waals surface area contributed by atoms with Gasteiger partial charge < -0.3 is 14.8 Å². The molecule has 1 aromatic carbocycles. The van der Waals surface area contributed by atoms with Crippen molar-refractivity contribution in [1.29, 1.82) is 0 Å². The van der Waals surface area contributed by atoms with E-state index in [9.17, 15) is 4.79 Å². The largest absolute Gasteiger partial charge is 0.483 e. The third kappa shape index (κ3) is 4.29. The molecule has 116 valence electrons. The van der Waals surface area contributed by atoms with E-state index >= 15 is 0 Å². The first kappa shape index (κ1) is 16.0. The Balaban J connectivity index is 1.85. The predicted molar refractivity (Wildman–Crippen MR) is 85.9 cm³/mol. The Hall–Kier alpha value is -2.41. The van der Waals surface area contributed by atoms with E-state index in [-0.39, 0.29) is 18.1 Å². The molecule has 0 saturated carbocycles. The van der Waals surface area contributed by atoms with E-state index in [0.29, 0.717) is 6.54 Å². The predicted octanol–water partition coefficient (Wildman–Crippen LogP) is 2.47. The van der Waals surface area contributed by atoms with Gasteiger partial charge in [-0.1, -0.05) is 30.0 Å². The molecule has 4 nitrogen and oxygen atoms in total. The van der Waals surface area contributed by atoms with Crippen molar-refractivity contribution in [1.82, 2.24) is 5.32 Å². The fraction of sp³-hybridized carbons (Fsp3) is 0.389. The van der Waals surface area contributed by atoms with Crippen molar-refractivity contribution in [2.24, 2.45) is 0 Å². The lowest BCUT2D eigenvalue weighted by atomic mass is 10.0. The number of allylic oxidation sites excluding steroid dienone is 1. The minimum atomic E-state index is -0.190. The number of nitrogens with one attached hydrogen (secondary N) is 1. The molecule has 1 heterocycles. The summed E-state index contributed by atoms with van der Waals surface area (Å²) in [5, 5.41) is 2.66. The summed E-state index contributed by atoms with van der Waals surface area (Å²) >= 11 is 0. The van der Waals surface area contributed by atoms with Crippen LogP contribution in [0.25, 0.3) is 0 Å². The van der Waals surface area contributed by atoms with Crippen molar-refractivity contribution >= 4 is 5.91 Å². The smallest absolute Gasteiger partial charge is 0.244 e. The van der Waals surface area contributed by atoms with Gasteiger partial charge in [-0.25, -0.2) is 0 Å². The summed E-state index contributed by atoms with van der Waals surface area (Å²) in [6, 6.07) is 5.90. The Morgan fingerprint density at radius 2 is 2.27 bits per heavy atom.